The van der Waals surface area contributed by atoms with Crippen molar-refractivity contribution in [1.82, 2.24) is 0 Å². The van der Waals surface area contributed by atoms with Gasteiger partial charge in [0, 0.05) is 3.57 Å². The lowest BCUT2D eigenvalue weighted by atomic mass is 10.1. The molecule has 0 aliphatic heterocycles. The van der Waals surface area contributed by atoms with Crippen molar-refractivity contribution in [3.8, 4) is 0 Å². The number of benzene rings is 1. The van der Waals surface area contributed by atoms with Crippen molar-refractivity contribution in [1.29, 1.82) is 0 Å². The van der Waals surface area contributed by atoms with Crippen LogP contribution in [0.1, 0.15) is 11.1 Å². The Kier molecular flexibility index (Phi) is 3.76. The SMILES string of the molecule is FC(F)(F)Cc1ccc(C(F)(F)F)cc1I. The summed E-state index contributed by atoms with van der Waals surface area (Å²) in [5.74, 6) is 0. The summed E-state index contributed by atoms with van der Waals surface area (Å²) in [7, 11) is 0. The fourth-order valence-corrected chi connectivity index (χ4v) is 1.79. The number of rotatable bonds is 1. The number of hydrogen-bond donors (Lipinski definition) is 0. The maximum absolute atomic E-state index is 12.2. The molecule has 0 spiro atoms. The minimum Gasteiger partial charge on any atom is -0.171 e. The molecule has 0 fully saturated rings. The van der Waals surface area contributed by atoms with Gasteiger partial charge < -0.3 is 0 Å². The minimum atomic E-state index is -4.53. The zero-order valence-electron chi connectivity index (χ0n) is 7.58. The van der Waals surface area contributed by atoms with Crippen LogP contribution in [0.25, 0.3) is 0 Å². The quantitative estimate of drug-likeness (QED) is 0.518. The average molecular weight is 354 g/mol. The first kappa shape index (κ1) is 13.6. The summed E-state index contributed by atoms with van der Waals surface area (Å²) in [6, 6.07) is 2.23. The van der Waals surface area contributed by atoms with Crippen LogP contribution in [-0.4, -0.2) is 6.18 Å². The van der Waals surface area contributed by atoms with E-state index in [9.17, 15) is 26.3 Å². The Bertz CT molecular complexity index is 379. The summed E-state index contributed by atoms with van der Waals surface area (Å²) in [5, 5.41) is 0. The second-order valence-electron chi connectivity index (χ2n) is 3.10. The summed E-state index contributed by atoms with van der Waals surface area (Å²) >= 11 is 1.47. The molecule has 0 heterocycles. The molecule has 16 heavy (non-hydrogen) atoms. The molecule has 0 saturated carbocycles. The third kappa shape index (κ3) is 3.84. The van der Waals surface area contributed by atoms with Crippen molar-refractivity contribution < 1.29 is 26.3 Å². The highest BCUT2D eigenvalue weighted by molar-refractivity contribution is 14.1. The normalized spacial score (nSPS) is 12.9. The van der Waals surface area contributed by atoms with Crippen LogP contribution in [0.3, 0.4) is 0 Å². The van der Waals surface area contributed by atoms with E-state index in [1.54, 1.807) is 0 Å². The first-order valence-electron chi connectivity index (χ1n) is 4.02. The van der Waals surface area contributed by atoms with Crippen LogP contribution < -0.4 is 0 Å². The Balaban J connectivity index is 3.01. The van der Waals surface area contributed by atoms with Gasteiger partial charge in [0.2, 0.25) is 0 Å². The van der Waals surface area contributed by atoms with E-state index in [1.165, 1.54) is 22.6 Å². The molecular weight excluding hydrogens is 349 g/mol. The molecule has 7 heteroatoms. The van der Waals surface area contributed by atoms with E-state index < -0.39 is 24.3 Å². The molecule has 90 valence electrons. The molecule has 1 aromatic carbocycles. The highest BCUT2D eigenvalue weighted by Gasteiger charge is 2.32. The first-order chi connectivity index (χ1) is 7.09. The third-order valence-corrected chi connectivity index (χ3v) is 2.78. The van der Waals surface area contributed by atoms with Crippen molar-refractivity contribution in [3.63, 3.8) is 0 Å². The van der Waals surface area contributed by atoms with Crippen molar-refractivity contribution >= 4 is 22.6 Å². The van der Waals surface area contributed by atoms with Crippen molar-refractivity contribution in [2.45, 2.75) is 18.8 Å². The van der Waals surface area contributed by atoms with E-state index in [0.717, 1.165) is 6.07 Å². The van der Waals surface area contributed by atoms with Crippen LogP contribution in [0.2, 0.25) is 0 Å². The van der Waals surface area contributed by atoms with Crippen molar-refractivity contribution in [2.75, 3.05) is 0 Å². The topological polar surface area (TPSA) is 0 Å². The van der Waals surface area contributed by atoms with Gasteiger partial charge >= 0.3 is 12.4 Å². The number of alkyl halides is 6. The second kappa shape index (κ2) is 4.42. The molecular formula is C9H5F6I. The molecule has 0 bridgehead atoms. The summed E-state index contributed by atoms with van der Waals surface area (Å²) in [5.41, 5.74) is -1.09. The zero-order valence-corrected chi connectivity index (χ0v) is 9.74. The van der Waals surface area contributed by atoms with E-state index in [1.807, 2.05) is 0 Å². The maximum Gasteiger partial charge on any atom is 0.416 e. The van der Waals surface area contributed by atoms with Gasteiger partial charge in [0.1, 0.15) is 0 Å². The molecule has 1 rings (SSSR count). The molecule has 0 amide bonds. The van der Waals surface area contributed by atoms with Gasteiger partial charge in [0.15, 0.2) is 0 Å². The maximum atomic E-state index is 12.2. The van der Waals surface area contributed by atoms with Gasteiger partial charge in [-0.15, -0.1) is 0 Å². The molecule has 0 aromatic heterocycles. The lowest BCUT2D eigenvalue weighted by Crippen LogP contribution is -2.13. The number of halogens is 7. The molecule has 0 atom stereocenters. The van der Waals surface area contributed by atoms with Crippen LogP contribution in [0, 0.1) is 3.57 Å². The smallest absolute Gasteiger partial charge is 0.171 e. The van der Waals surface area contributed by atoms with Crippen LogP contribution in [0.15, 0.2) is 18.2 Å². The van der Waals surface area contributed by atoms with Crippen LogP contribution in [-0.2, 0) is 12.6 Å². The highest BCUT2D eigenvalue weighted by atomic mass is 127. The van der Waals surface area contributed by atoms with Gasteiger partial charge in [-0.2, -0.15) is 26.3 Å². The second-order valence-corrected chi connectivity index (χ2v) is 4.26. The van der Waals surface area contributed by atoms with Gasteiger partial charge in [0.05, 0.1) is 12.0 Å². The van der Waals surface area contributed by atoms with Crippen LogP contribution >= 0.6 is 22.6 Å². The van der Waals surface area contributed by atoms with Gasteiger partial charge in [-0.3, -0.25) is 0 Å². The van der Waals surface area contributed by atoms with E-state index in [2.05, 4.69) is 0 Å². The summed E-state index contributed by atoms with van der Waals surface area (Å²) in [6.45, 7) is 0. The summed E-state index contributed by atoms with van der Waals surface area (Å²) in [4.78, 5) is 0. The molecule has 0 unspecified atom stereocenters. The predicted molar refractivity (Wildman–Crippen MR) is 53.9 cm³/mol. The Labute approximate surface area is 101 Å². The monoisotopic (exact) mass is 354 g/mol. The Hall–Kier alpha value is -0.470. The van der Waals surface area contributed by atoms with Crippen molar-refractivity contribution in [2.24, 2.45) is 0 Å². The van der Waals surface area contributed by atoms with Crippen molar-refractivity contribution in [3.05, 3.63) is 32.9 Å². The zero-order chi connectivity index (χ0) is 12.6. The molecule has 0 nitrogen and oxygen atoms in total. The van der Waals surface area contributed by atoms with Gasteiger partial charge in [-0.25, -0.2) is 0 Å². The van der Waals surface area contributed by atoms with Gasteiger partial charge in [-0.05, 0) is 40.3 Å². The van der Waals surface area contributed by atoms with Crippen LogP contribution in [0.4, 0.5) is 26.3 Å². The van der Waals surface area contributed by atoms with Crippen LogP contribution in [0.5, 0.6) is 0 Å². The fourth-order valence-electron chi connectivity index (χ4n) is 1.08. The van der Waals surface area contributed by atoms with E-state index in [-0.39, 0.29) is 9.13 Å². The Morgan fingerprint density at radius 2 is 1.56 bits per heavy atom. The lowest BCUT2D eigenvalue weighted by Gasteiger charge is -2.11. The average Bonchev–Trinajstić information content (AvgIpc) is 2.04. The standard InChI is InChI=1S/C9H5F6I/c10-8(11,12)4-5-1-2-6(3-7(5)16)9(13,14)15/h1-3H,4H2. The lowest BCUT2D eigenvalue weighted by molar-refractivity contribution is -0.137. The highest BCUT2D eigenvalue weighted by Crippen LogP contribution is 2.32. The predicted octanol–water partition coefficient (Wildman–Crippen LogP) is 4.41. The molecule has 0 aliphatic rings. The van der Waals surface area contributed by atoms with E-state index >= 15 is 0 Å². The fraction of sp³-hybridized carbons (Fsp3) is 0.333. The van der Waals surface area contributed by atoms with Gasteiger partial charge in [-0.1, -0.05) is 6.07 Å². The summed E-state index contributed by atoms with van der Waals surface area (Å²) < 4.78 is 72.7. The molecule has 0 N–H and O–H groups in total. The first-order valence-corrected chi connectivity index (χ1v) is 5.10. The minimum absolute atomic E-state index is 0.0373. The molecule has 0 saturated heterocycles. The molecule has 1 aromatic rings. The number of hydrogen-bond acceptors (Lipinski definition) is 0. The van der Waals surface area contributed by atoms with E-state index in [4.69, 9.17) is 0 Å². The Morgan fingerprint density at radius 3 is 1.94 bits per heavy atom. The largest absolute Gasteiger partial charge is 0.416 e. The third-order valence-electron chi connectivity index (χ3n) is 1.77. The summed E-state index contributed by atoms with van der Waals surface area (Å²) in [6.07, 6.45) is -10.2. The van der Waals surface area contributed by atoms with E-state index in [0.29, 0.717) is 12.1 Å². The molecule has 0 radical (unpaired) electrons. The van der Waals surface area contributed by atoms with Gasteiger partial charge in [0.25, 0.3) is 0 Å². The molecule has 0 aliphatic carbocycles. The Morgan fingerprint density at radius 1 is 1.00 bits per heavy atom.